The first-order chi connectivity index (χ1) is 25.3. The van der Waals surface area contributed by atoms with Gasteiger partial charge in [0.15, 0.2) is 0 Å². The number of ether oxygens (including phenoxy) is 6. The molecule has 286 valence electrons. The highest BCUT2D eigenvalue weighted by Gasteiger charge is 2.58. The van der Waals surface area contributed by atoms with E-state index >= 15 is 0 Å². The van der Waals surface area contributed by atoms with E-state index < -0.39 is 0 Å². The molecular weight excluding hydrogens is 652 g/mol. The lowest BCUT2D eigenvalue weighted by molar-refractivity contribution is -0.0142. The number of pyridine rings is 2. The zero-order valence-corrected chi connectivity index (χ0v) is 32.4. The molecule has 0 aliphatic heterocycles. The van der Waals surface area contributed by atoms with Gasteiger partial charge in [0, 0.05) is 36.4 Å². The van der Waals surface area contributed by atoms with Crippen molar-refractivity contribution in [3.63, 3.8) is 0 Å². The number of hydrogen-bond acceptors (Lipinski definition) is 8. The number of nitrogens with zero attached hydrogens (tertiary/aromatic N) is 2. The smallest absolute Gasteiger partial charge is 0.0889 e. The molecule has 0 spiro atoms. The predicted octanol–water partition coefficient (Wildman–Crippen LogP) is 8.63. The molecule has 6 aliphatic rings. The molecule has 2 aromatic rings. The van der Waals surface area contributed by atoms with E-state index in [-0.39, 0.29) is 0 Å². The first-order valence-corrected chi connectivity index (χ1v) is 20.0. The normalized spacial score (nSPS) is 25.8. The Morgan fingerprint density at radius 1 is 0.558 bits per heavy atom. The Balaban J connectivity index is 1.06. The molecule has 0 amide bonds. The van der Waals surface area contributed by atoms with Gasteiger partial charge in [-0.3, -0.25) is 9.97 Å². The predicted molar refractivity (Wildman–Crippen MR) is 206 cm³/mol. The molecule has 8 heteroatoms. The topological polar surface area (TPSA) is 81.2 Å². The van der Waals surface area contributed by atoms with Crippen LogP contribution < -0.4 is 0 Å². The van der Waals surface area contributed by atoms with Crippen LogP contribution in [0.4, 0.5) is 0 Å². The van der Waals surface area contributed by atoms with Gasteiger partial charge in [0.2, 0.25) is 0 Å². The van der Waals surface area contributed by atoms with Crippen LogP contribution in [0.3, 0.4) is 0 Å². The van der Waals surface area contributed by atoms with Crippen molar-refractivity contribution < 1.29 is 28.4 Å². The van der Waals surface area contributed by atoms with Crippen LogP contribution >= 0.6 is 0 Å². The molecule has 8 nitrogen and oxygen atoms in total. The Morgan fingerprint density at radius 2 is 0.923 bits per heavy atom. The maximum absolute atomic E-state index is 5.96. The van der Waals surface area contributed by atoms with E-state index in [2.05, 4.69) is 65.1 Å². The Kier molecular flexibility index (Phi) is 13.8. The summed E-state index contributed by atoms with van der Waals surface area (Å²) in [5, 5.41) is 0. The fourth-order valence-electron chi connectivity index (χ4n) is 9.86. The Labute approximate surface area is 313 Å². The minimum Gasteiger partial charge on any atom is -0.379 e. The molecular formula is C44H64N2O6. The first-order valence-electron chi connectivity index (χ1n) is 20.0. The Hall–Kier alpha value is -2.46. The van der Waals surface area contributed by atoms with Crippen LogP contribution in [0.25, 0.3) is 11.4 Å². The molecule has 8 rings (SSSR count). The molecule has 0 saturated heterocycles. The van der Waals surface area contributed by atoms with Gasteiger partial charge < -0.3 is 28.4 Å². The maximum Gasteiger partial charge on any atom is 0.0889 e. The minimum atomic E-state index is 0.311. The summed E-state index contributed by atoms with van der Waals surface area (Å²) in [6.45, 7) is 24.5. The number of rotatable bonds is 25. The molecule has 0 aromatic carbocycles. The van der Waals surface area contributed by atoms with E-state index in [1.54, 1.807) is 12.2 Å². The van der Waals surface area contributed by atoms with Crippen LogP contribution in [0.5, 0.6) is 0 Å². The van der Waals surface area contributed by atoms with Crippen LogP contribution in [-0.2, 0) is 28.4 Å². The summed E-state index contributed by atoms with van der Waals surface area (Å²) in [4.78, 5) is 10.9. The summed E-state index contributed by atoms with van der Waals surface area (Å²) in [7, 11) is 0. The third kappa shape index (κ3) is 8.58. The number of aromatic nitrogens is 2. The molecule has 6 aliphatic carbocycles. The standard InChI is InChI=1S/C44H64N2O6/c1-7-17-47-21-25-51-27-23-49-19-9-11-31-35-29-37(43(35,3)4)33-13-15-39(45-41(31)33)40-16-14-34-38-30-36(44(38,5)6)32(42(34)46-40)12-10-20-50-24-28-52-26-22-48-18-8-2/h7-8,13-16,31-32,35-38H,1-2,9-12,17-30H2,3-6H3/t31-,32-,35+,36+,37-,38-/m0/s1. The van der Waals surface area contributed by atoms with Crippen LogP contribution in [0.1, 0.15) is 112 Å². The van der Waals surface area contributed by atoms with Gasteiger partial charge in [-0.1, -0.05) is 52.0 Å². The molecule has 2 saturated carbocycles. The van der Waals surface area contributed by atoms with E-state index in [9.17, 15) is 0 Å². The van der Waals surface area contributed by atoms with Crippen molar-refractivity contribution in [2.75, 3.05) is 79.3 Å². The highest BCUT2D eigenvalue weighted by Crippen LogP contribution is 2.68. The monoisotopic (exact) mass is 716 g/mol. The minimum absolute atomic E-state index is 0.311. The summed E-state index contributed by atoms with van der Waals surface area (Å²) < 4.78 is 33.9. The van der Waals surface area contributed by atoms with Crippen molar-refractivity contribution >= 4 is 0 Å². The molecule has 0 unspecified atom stereocenters. The second-order valence-corrected chi connectivity index (χ2v) is 16.4. The SMILES string of the molecule is C=CCOCCOCCOCCC[C@@H]1c2nc(-c3ccc4c(n3)[C@@H](CCCOCCOCCOCC=C)[C@H]3C[C@@H]4C3(C)C)ccc2[C@@H]2C[C@H]1C2(C)C. The summed E-state index contributed by atoms with van der Waals surface area (Å²) in [6.07, 6.45) is 10.3. The molecule has 2 aromatic heterocycles. The summed E-state index contributed by atoms with van der Waals surface area (Å²) >= 11 is 0. The van der Waals surface area contributed by atoms with Gasteiger partial charge in [0.25, 0.3) is 0 Å². The van der Waals surface area contributed by atoms with E-state index in [1.807, 2.05) is 0 Å². The van der Waals surface area contributed by atoms with Crippen molar-refractivity contribution in [2.45, 2.75) is 89.9 Å². The average molecular weight is 717 g/mol. The van der Waals surface area contributed by atoms with Crippen molar-refractivity contribution in [1.29, 1.82) is 0 Å². The fourth-order valence-corrected chi connectivity index (χ4v) is 9.86. The second-order valence-electron chi connectivity index (χ2n) is 16.4. The van der Waals surface area contributed by atoms with Gasteiger partial charge in [0.1, 0.15) is 0 Å². The van der Waals surface area contributed by atoms with Crippen LogP contribution in [0, 0.1) is 22.7 Å². The average Bonchev–Trinajstić information content (AvgIpc) is 3.14. The molecule has 2 fully saturated rings. The largest absolute Gasteiger partial charge is 0.379 e. The lowest BCUT2D eigenvalue weighted by atomic mass is 9.44. The molecule has 2 heterocycles. The second kappa shape index (κ2) is 18.2. The zero-order chi connectivity index (χ0) is 36.6. The van der Waals surface area contributed by atoms with Crippen LogP contribution in [-0.4, -0.2) is 89.3 Å². The third-order valence-electron chi connectivity index (χ3n) is 12.9. The third-order valence-corrected chi connectivity index (χ3v) is 12.9. The lowest BCUT2D eigenvalue weighted by Crippen LogP contribution is -2.51. The van der Waals surface area contributed by atoms with Crippen LogP contribution in [0.15, 0.2) is 49.6 Å². The highest BCUT2D eigenvalue weighted by atomic mass is 16.5. The van der Waals surface area contributed by atoms with Gasteiger partial charge >= 0.3 is 0 Å². The van der Waals surface area contributed by atoms with Crippen molar-refractivity contribution in [2.24, 2.45) is 22.7 Å². The molecule has 4 bridgehead atoms. The molecule has 0 N–H and O–H groups in total. The summed E-state index contributed by atoms with van der Waals surface area (Å²) in [5.41, 5.74) is 8.20. The highest BCUT2D eigenvalue weighted by molar-refractivity contribution is 5.59. The summed E-state index contributed by atoms with van der Waals surface area (Å²) in [5.74, 6) is 3.40. The van der Waals surface area contributed by atoms with Gasteiger partial charge in [-0.25, -0.2) is 0 Å². The van der Waals surface area contributed by atoms with Gasteiger partial charge in [-0.05, 0) is 96.3 Å². The van der Waals surface area contributed by atoms with E-state index in [0.29, 0.717) is 112 Å². The zero-order valence-electron chi connectivity index (χ0n) is 32.4. The van der Waals surface area contributed by atoms with Crippen molar-refractivity contribution in [3.05, 3.63) is 72.1 Å². The number of hydrogen-bond donors (Lipinski definition) is 0. The molecule has 52 heavy (non-hydrogen) atoms. The van der Waals surface area contributed by atoms with E-state index in [0.717, 1.165) is 50.3 Å². The fraction of sp³-hybridized carbons (Fsp3) is 0.682. The van der Waals surface area contributed by atoms with Crippen molar-refractivity contribution in [3.8, 4) is 11.4 Å². The van der Waals surface area contributed by atoms with Gasteiger partial charge in [-0.2, -0.15) is 0 Å². The Bertz CT molecular complexity index is 1370. The molecule has 0 radical (unpaired) electrons. The lowest BCUT2D eigenvalue weighted by Gasteiger charge is -2.60. The maximum atomic E-state index is 5.96. The van der Waals surface area contributed by atoms with Gasteiger partial charge in [-0.15, -0.1) is 13.2 Å². The quantitative estimate of drug-likeness (QED) is 0.0747. The van der Waals surface area contributed by atoms with E-state index in [4.69, 9.17) is 38.4 Å². The first kappa shape index (κ1) is 39.2. The van der Waals surface area contributed by atoms with Gasteiger partial charge in [0.05, 0.1) is 77.5 Å². The molecule has 6 atom stereocenters. The van der Waals surface area contributed by atoms with E-state index in [1.165, 1.54) is 35.4 Å². The van der Waals surface area contributed by atoms with Crippen molar-refractivity contribution in [1.82, 2.24) is 9.97 Å². The van der Waals surface area contributed by atoms with Crippen LogP contribution in [0.2, 0.25) is 0 Å². The summed E-state index contributed by atoms with van der Waals surface area (Å²) in [6, 6.07) is 9.26. The Morgan fingerprint density at radius 3 is 1.29 bits per heavy atom.